The number of amides is 2. The van der Waals surface area contributed by atoms with E-state index in [1.54, 1.807) is 11.0 Å². The molecule has 96 valence electrons. The number of carbonyl (C=O) groups excluding carboxylic acids is 1. The van der Waals surface area contributed by atoms with Crippen LogP contribution in [-0.2, 0) is 13.0 Å². The lowest BCUT2D eigenvalue weighted by atomic mass is 10.0. The number of nitrogens with one attached hydrogen (secondary N) is 2. The second-order valence-corrected chi connectivity index (χ2v) is 3.98. The first-order valence-electron chi connectivity index (χ1n) is 5.56. The highest BCUT2D eigenvalue weighted by Crippen LogP contribution is 2.20. The summed E-state index contributed by atoms with van der Waals surface area (Å²) in [5.74, 6) is -1.04. The van der Waals surface area contributed by atoms with Gasteiger partial charge in [-0.2, -0.15) is 5.10 Å². The molecule has 7 heteroatoms. The average molecular weight is 250 g/mol. The van der Waals surface area contributed by atoms with Gasteiger partial charge in [0.15, 0.2) is 5.69 Å². The number of rotatable bonds is 3. The van der Waals surface area contributed by atoms with Gasteiger partial charge in [0.2, 0.25) is 0 Å². The number of fused-ring (bicyclic) bond motifs is 1. The Hall–Kier alpha value is -2.31. The molecule has 0 fully saturated rings. The van der Waals surface area contributed by atoms with Crippen molar-refractivity contribution in [1.82, 2.24) is 20.4 Å². The average Bonchev–Trinajstić information content (AvgIpc) is 2.78. The highest BCUT2D eigenvalue weighted by molar-refractivity contribution is 5.87. The van der Waals surface area contributed by atoms with E-state index in [-0.39, 0.29) is 11.7 Å². The van der Waals surface area contributed by atoms with Gasteiger partial charge < -0.3 is 15.3 Å². The number of carboxylic acid groups (broad SMARTS) is 1. The third-order valence-corrected chi connectivity index (χ3v) is 2.82. The molecule has 0 saturated heterocycles. The summed E-state index contributed by atoms with van der Waals surface area (Å²) in [6.07, 6.45) is 2.10. The van der Waals surface area contributed by atoms with Crippen molar-refractivity contribution in [2.45, 2.75) is 13.0 Å². The third-order valence-electron chi connectivity index (χ3n) is 2.82. The number of hydrogen-bond donors (Lipinski definition) is 3. The Morgan fingerprint density at radius 2 is 2.39 bits per heavy atom. The predicted octanol–water partition coefficient (Wildman–Crippen LogP) is 0.362. The Kier molecular flexibility index (Phi) is 3.31. The van der Waals surface area contributed by atoms with Gasteiger partial charge in [-0.05, 0) is 6.42 Å². The van der Waals surface area contributed by atoms with Crippen LogP contribution in [0.3, 0.4) is 0 Å². The van der Waals surface area contributed by atoms with Gasteiger partial charge in [0, 0.05) is 18.7 Å². The van der Waals surface area contributed by atoms with Gasteiger partial charge in [-0.3, -0.25) is 5.10 Å². The summed E-state index contributed by atoms with van der Waals surface area (Å²) in [7, 11) is 0. The van der Waals surface area contributed by atoms with Crippen LogP contribution in [0.2, 0.25) is 0 Å². The van der Waals surface area contributed by atoms with Gasteiger partial charge in [0.25, 0.3) is 0 Å². The molecule has 0 atom stereocenters. The normalized spacial score (nSPS) is 13.9. The molecule has 1 aliphatic rings. The van der Waals surface area contributed by atoms with E-state index in [2.05, 4.69) is 22.1 Å². The summed E-state index contributed by atoms with van der Waals surface area (Å²) in [4.78, 5) is 24.2. The Morgan fingerprint density at radius 3 is 3.06 bits per heavy atom. The zero-order valence-electron chi connectivity index (χ0n) is 9.77. The van der Waals surface area contributed by atoms with Crippen molar-refractivity contribution in [3.63, 3.8) is 0 Å². The van der Waals surface area contributed by atoms with Crippen molar-refractivity contribution in [2.24, 2.45) is 0 Å². The van der Waals surface area contributed by atoms with Crippen LogP contribution in [0.15, 0.2) is 12.7 Å². The molecule has 3 N–H and O–H groups in total. The van der Waals surface area contributed by atoms with E-state index in [0.717, 1.165) is 0 Å². The number of urea groups is 1. The smallest absolute Gasteiger partial charge is 0.356 e. The molecule has 18 heavy (non-hydrogen) atoms. The van der Waals surface area contributed by atoms with Crippen LogP contribution in [0.1, 0.15) is 21.7 Å². The Morgan fingerprint density at radius 1 is 1.61 bits per heavy atom. The number of nitrogens with zero attached hydrogens (tertiary/aromatic N) is 2. The SMILES string of the molecule is C=CCNC(=O)N1CCc2c(C(=O)O)n[nH]c2C1. The number of aromatic carboxylic acids is 1. The van der Waals surface area contributed by atoms with Crippen molar-refractivity contribution < 1.29 is 14.7 Å². The van der Waals surface area contributed by atoms with Gasteiger partial charge in [0.1, 0.15) is 0 Å². The Labute approximate surface area is 103 Å². The topological polar surface area (TPSA) is 98.3 Å². The molecule has 0 saturated carbocycles. The zero-order valence-corrected chi connectivity index (χ0v) is 9.77. The number of carboxylic acids is 1. The summed E-state index contributed by atoms with van der Waals surface area (Å²) in [5, 5.41) is 18.0. The summed E-state index contributed by atoms with van der Waals surface area (Å²) >= 11 is 0. The first-order chi connectivity index (χ1) is 8.63. The van der Waals surface area contributed by atoms with Gasteiger partial charge in [0.05, 0.1) is 12.2 Å². The maximum atomic E-state index is 11.7. The Balaban J connectivity index is 2.09. The number of aromatic amines is 1. The monoisotopic (exact) mass is 250 g/mol. The molecule has 0 spiro atoms. The number of H-pyrrole nitrogens is 1. The second-order valence-electron chi connectivity index (χ2n) is 3.98. The summed E-state index contributed by atoms with van der Waals surface area (Å²) in [6, 6.07) is -0.188. The fourth-order valence-electron chi connectivity index (χ4n) is 1.94. The summed E-state index contributed by atoms with van der Waals surface area (Å²) in [6.45, 7) is 4.76. The second kappa shape index (κ2) is 4.91. The fraction of sp³-hybridized carbons (Fsp3) is 0.364. The number of carbonyl (C=O) groups is 2. The molecular formula is C11H14N4O3. The standard InChI is InChI=1S/C11H14N4O3/c1-2-4-12-11(18)15-5-3-7-8(6-15)13-14-9(7)10(16)17/h2H,1,3-6H2,(H,12,18)(H,13,14)(H,16,17). The quantitative estimate of drug-likeness (QED) is 0.674. The lowest BCUT2D eigenvalue weighted by Gasteiger charge is -2.26. The Bertz CT molecular complexity index is 494. The van der Waals surface area contributed by atoms with Crippen LogP contribution < -0.4 is 5.32 Å². The van der Waals surface area contributed by atoms with Gasteiger partial charge in [-0.1, -0.05) is 6.08 Å². The molecule has 2 amide bonds. The molecule has 0 aromatic carbocycles. The zero-order chi connectivity index (χ0) is 13.1. The van der Waals surface area contributed by atoms with Gasteiger partial charge in [-0.15, -0.1) is 6.58 Å². The molecule has 0 radical (unpaired) electrons. The molecular weight excluding hydrogens is 236 g/mol. The molecule has 0 bridgehead atoms. The van der Waals surface area contributed by atoms with Crippen LogP contribution in [0.4, 0.5) is 4.79 Å². The summed E-state index contributed by atoms with van der Waals surface area (Å²) in [5.41, 5.74) is 1.43. The number of hydrogen-bond acceptors (Lipinski definition) is 3. The number of aromatic nitrogens is 2. The first-order valence-corrected chi connectivity index (χ1v) is 5.56. The largest absolute Gasteiger partial charge is 0.476 e. The minimum absolute atomic E-state index is 0.0520. The lowest BCUT2D eigenvalue weighted by molar-refractivity contribution is 0.0689. The lowest BCUT2D eigenvalue weighted by Crippen LogP contribution is -2.42. The molecule has 1 aromatic rings. The molecule has 0 unspecified atom stereocenters. The molecule has 1 aliphatic heterocycles. The van der Waals surface area contributed by atoms with Crippen LogP contribution in [0.5, 0.6) is 0 Å². The van der Waals surface area contributed by atoms with E-state index in [4.69, 9.17) is 5.11 Å². The molecule has 7 nitrogen and oxygen atoms in total. The fourth-order valence-corrected chi connectivity index (χ4v) is 1.94. The highest BCUT2D eigenvalue weighted by atomic mass is 16.4. The third kappa shape index (κ3) is 2.20. The van der Waals surface area contributed by atoms with Crippen molar-refractivity contribution in [3.8, 4) is 0 Å². The van der Waals surface area contributed by atoms with E-state index in [1.807, 2.05) is 0 Å². The van der Waals surface area contributed by atoms with Crippen molar-refractivity contribution in [1.29, 1.82) is 0 Å². The van der Waals surface area contributed by atoms with Crippen molar-refractivity contribution in [3.05, 3.63) is 29.6 Å². The van der Waals surface area contributed by atoms with E-state index in [9.17, 15) is 9.59 Å². The van der Waals surface area contributed by atoms with Crippen LogP contribution >= 0.6 is 0 Å². The first kappa shape index (κ1) is 12.2. The van der Waals surface area contributed by atoms with Crippen molar-refractivity contribution >= 4 is 12.0 Å². The van der Waals surface area contributed by atoms with E-state index < -0.39 is 5.97 Å². The van der Waals surface area contributed by atoms with E-state index in [1.165, 1.54) is 0 Å². The van der Waals surface area contributed by atoms with Crippen LogP contribution in [0.25, 0.3) is 0 Å². The maximum absolute atomic E-state index is 11.7. The maximum Gasteiger partial charge on any atom is 0.356 e. The van der Waals surface area contributed by atoms with Crippen LogP contribution in [-0.4, -0.2) is 45.3 Å². The predicted molar refractivity (Wildman–Crippen MR) is 63.3 cm³/mol. The molecule has 2 heterocycles. The van der Waals surface area contributed by atoms with Gasteiger partial charge >= 0.3 is 12.0 Å². The minimum Gasteiger partial charge on any atom is -0.476 e. The van der Waals surface area contributed by atoms with E-state index in [0.29, 0.717) is 37.3 Å². The van der Waals surface area contributed by atoms with Gasteiger partial charge in [-0.25, -0.2) is 9.59 Å². The minimum atomic E-state index is -1.04. The van der Waals surface area contributed by atoms with E-state index >= 15 is 0 Å². The highest BCUT2D eigenvalue weighted by Gasteiger charge is 2.26. The van der Waals surface area contributed by atoms with Crippen LogP contribution in [0, 0.1) is 0 Å². The molecule has 0 aliphatic carbocycles. The summed E-state index contributed by atoms with van der Waals surface area (Å²) < 4.78 is 0. The molecule has 2 rings (SSSR count). The van der Waals surface area contributed by atoms with Crippen molar-refractivity contribution in [2.75, 3.05) is 13.1 Å². The molecule has 1 aromatic heterocycles.